The summed E-state index contributed by atoms with van der Waals surface area (Å²) < 4.78 is 0. The molecule has 0 bridgehead atoms. The van der Waals surface area contributed by atoms with Gasteiger partial charge in [0.1, 0.15) is 6.04 Å². The first kappa shape index (κ1) is 15.9. The molecular weight excluding hydrogens is 220 g/mol. The van der Waals surface area contributed by atoms with E-state index in [0.717, 1.165) is 6.42 Å². The molecule has 0 heterocycles. The van der Waals surface area contributed by atoms with Crippen LogP contribution in [0.2, 0.25) is 0 Å². The second-order valence-electron chi connectivity index (χ2n) is 5.56. The number of hydrogen-bond acceptors (Lipinski definition) is 3. The summed E-state index contributed by atoms with van der Waals surface area (Å²) in [7, 11) is 0. The number of nitrogens with two attached hydrogens (primary N) is 1. The quantitative estimate of drug-likeness (QED) is 0.672. The number of carboxylic acids is 1. The highest BCUT2D eigenvalue weighted by atomic mass is 16.4. The van der Waals surface area contributed by atoms with Gasteiger partial charge in [0.25, 0.3) is 0 Å². The van der Waals surface area contributed by atoms with Gasteiger partial charge in [-0.25, -0.2) is 4.79 Å². The van der Waals surface area contributed by atoms with Gasteiger partial charge in [0.15, 0.2) is 0 Å². The Kier molecular flexibility index (Phi) is 5.61. The summed E-state index contributed by atoms with van der Waals surface area (Å²) in [5.41, 5.74) is 5.21. The van der Waals surface area contributed by atoms with Gasteiger partial charge in [0.2, 0.25) is 5.91 Å². The Morgan fingerprint density at radius 3 is 2.12 bits per heavy atom. The van der Waals surface area contributed by atoms with Crippen molar-refractivity contribution < 1.29 is 14.7 Å². The molecule has 0 saturated carbocycles. The topological polar surface area (TPSA) is 92.4 Å². The Morgan fingerprint density at radius 2 is 1.82 bits per heavy atom. The summed E-state index contributed by atoms with van der Waals surface area (Å²) in [6.45, 7) is 9.11. The fourth-order valence-corrected chi connectivity index (χ4v) is 1.40. The van der Waals surface area contributed by atoms with E-state index in [-0.39, 0.29) is 5.92 Å². The minimum atomic E-state index is -1.04. The molecule has 0 saturated heterocycles. The molecular formula is C12H24N2O3. The van der Waals surface area contributed by atoms with E-state index < -0.39 is 29.4 Å². The molecule has 0 aliphatic heterocycles. The lowest BCUT2D eigenvalue weighted by Gasteiger charge is -2.29. The van der Waals surface area contributed by atoms with Crippen molar-refractivity contribution >= 4 is 11.9 Å². The fourth-order valence-electron chi connectivity index (χ4n) is 1.40. The molecule has 0 spiro atoms. The maximum absolute atomic E-state index is 11.8. The number of carbonyl (C=O) groups is 2. The summed E-state index contributed by atoms with van der Waals surface area (Å²) in [4.78, 5) is 22.9. The molecule has 1 amide bonds. The number of nitrogens with one attached hydrogen (secondary N) is 1. The van der Waals surface area contributed by atoms with Gasteiger partial charge in [-0.2, -0.15) is 0 Å². The molecule has 0 rings (SSSR count). The van der Waals surface area contributed by atoms with E-state index in [0.29, 0.717) is 0 Å². The van der Waals surface area contributed by atoms with E-state index in [1.165, 1.54) is 0 Å². The van der Waals surface area contributed by atoms with Crippen molar-refractivity contribution in [1.29, 1.82) is 0 Å². The van der Waals surface area contributed by atoms with Crippen LogP contribution in [0.3, 0.4) is 0 Å². The SMILES string of the molecule is CCC(C)C(N)C(=O)N[C@@H](C(=O)O)C(C)(C)C. The third-order valence-electron chi connectivity index (χ3n) is 2.96. The van der Waals surface area contributed by atoms with Gasteiger partial charge in [-0.05, 0) is 11.3 Å². The molecule has 3 atom stereocenters. The van der Waals surface area contributed by atoms with Crippen molar-refractivity contribution in [3.63, 3.8) is 0 Å². The monoisotopic (exact) mass is 244 g/mol. The predicted octanol–water partition coefficient (Wildman–Crippen LogP) is 0.975. The number of carboxylic acid groups (broad SMARTS) is 1. The van der Waals surface area contributed by atoms with E-state index in [4.69, 9.17) is 10.8 Å². The molecule has 0 radical (unpaired) electrons. The molecule has 2 unspecified atom stereocenters. The van der Waals surface area contributed by atoms with Crippen LogP contribution in [0, 0.1) is 11.3 Å². The number of carbonyl (C=O) groups excluding carboxylic acids is 1. The Labute approximate surface area is 103 Å². The van der Waals surface area contributed by atoms with Crippen LogP contribution in [0.25, 0.3) is 0 Å². The third kappa shape index (κ3) is 4.73. The highest BCUT2D eigenvalue weighted by Gasteiger charge is 2.34. The van der Waals surface area contributed by atoms with Crippen molar-refractivity contribution in [2.45, 2.75) is 53.1 Å². The normalized spacial score (nSPS) is 17.1. The van der Waals surface area contributed by atoms with Gasteiger partial charge in [-0.1, -0.05) is 41.0 Å². The molecule has 0 aliphatic carbocycles. The molecule has 0 aromatic carbocycles. The molecule has 0 aromatic heterocycles. The van der Waals surface area contributed by atoms with Crippen molar-refractivity contribution in [3.8, 4) is 0 Å². The van der Waals surface area contributed by atoms with E-state index in [1.807, 2.05) is 13.8 Å². The zero-order valence-electron chi connectivity index (χ0n) is 11.3. The summed E-state index contributed by atoms with van der Waals surface area (Å²) >= 11 is 0. The Morgan fingerprint density at radius 1 is 1.35 bits per heavy atom. The zero-order valence-corrected chi connectivity index (χ0v) is 11.3. The predicted molar refractivity (Wildman–Crippen MR) is 66.5 cm³/mol. The third-order valence-corrected chi connectivity index (χ3v) is 2.96. The van der Waals surface area contributed by atoms with Crippen LogP contribution in [-0.2, 0) is 9.59 Å². The number of aliphatic carboxylic acids is 1. The van der Waals surface area contributed by atoms with Gasteiger partial charge in [0, 0.05) is 0 Å². The minimum Gasteiger partial charge on any atom is -0.480 e. The molecule has 5 nitrogen and oxygen atoms in total. The second kappa shape index (κ2) is 6.00. The standard InChI is InChI=1S/C12H24N2O3/c1-6-7(2)8(13)10(15)14-9(11(16)17)12(3,4)5/h7-9H,6,13H2,1-5H3,(H,14,15)(H,16,17)/t7?,8?,9-/m0/s1. The van der Waals surface area contributed by atoms with E-state index in [9.17, 15) is 9.59 Å². The Bertz CT molecular complexity index is 284. The molecule has 5 heteroatoms. The lowest BCUT2D eigenvalue weighted by molar-refractivity contribution is -0.145. The van der Waals surface area contributed by atoms with Gasteiger partial charge < -0.3 is 16.2 Å². The molecule has 0 fully saturated rings. The van der Waals surface area contributed by atoms with Crippen molar-refractivity contribution in [1.82, 2.24) is 5.32 Å². The first-order chi connectivity index (χ1) is 7.61. The highest BCUT2D eigenvalue weighted by molar-refractivity contribution is 5.87. The van der Waals surface area contributed by atoms with Crippen LogP contribution in [-0.4, -0.2) is 29.1 Å². The average Bonchev–Trinajstić information content (AvgIpc) is 2.21. The van der Waals surface area contributed by atoms with Crippen molar-refractivity contribution in [2.24, 2.45) is 17.1 Å². The average molecular weight is 244 g/mol. The van der Waals surface area contributed by atoms with E-state index in [2.05, 4.69) is 5.32 Å². The lowest BCUT2D eigenvalue weighted by Crippen LogP contribution is -2.55. The highest BCUT2D eigenvalue weighted by Crippen LogP contribution is 2.19. The molecule has 0 aromatic rings. The number of hydrogen-bond donors (Lipinski definition) is 3. The number of rotatable bonds is 5. The van der Waals surface area contributed by atoms with E-state index in [1.54, 1.807) is 20.8 Å². The van der Waals surface area contributed by atoms with Gasteiger partial charge in [-0.3, -0.25) is 4.79 Å². The van der Waals surface area contributed by atoms with Crippen LogP contribution >= 0.6 is 0 Å². The Hall–Kier alpha value is -1.10. The lowest BCUT2D eigenvalue weighted by atomic mass is 9.86. The summed E-state index contributed by atoms with van der Waals surface area (Å²) in [6.07, 6.45) is 0.780. The first-order valence-electron chi connectivity index (χ1n) is 5.90. The second-order valence-corrected chi connectivity index (χ2v) is 5.56. The molecule has 4 N–H and O–H groups in total. The summed E-state index contributed by atoms with van der Waals surface area (Å²) in [5, 5.41) is 11.6. The van der Waals surface area contributed by atoms with Crippen molar-refractivity contribution in [2.75, 3.05) is 0 Å². The summed E-state index contributed by atoms with van der Waals surface area (Å²) in [5.74, 6) is -1.41. The zero-order chi connectivity index (χ0) is 13.8. The minimum absolute atomic E-state index is 0.0319. The molecule has 100 valence electrons. The molecule has 17 heavy (non-hydrogen) atoms. The van der Waals surface area contributed by atoms with E-state index >= 15 is 0 Å². The van der Waals surface area contributed by atoms with Gasteiger partial charge in [-0.15, -0.1) is 0 Å². The fraction of sp³-hybridized carbons (Fsp3) is 0.833. The number of amides is 1. The first-order valence-corrected chi connectivity index (χ1v) is 5.90. The van der Waals surface area contributed by atoms with Crippen LogP contribution in [0.15, 0.2) is 0 Å². The maximum atomic E-state index is 11.8. The largest absolute Gasteiger partial charge is 0.480 e. The maximum Gasteiger partial charge on any atom is 0.326 e. The van der Waals surface area contributed by atoms with Crippen LogP contribution in [0.5, 0.6) is 0 Å². The van der Waals surface area contributed by atoms with Crippen molar-refractivity contribution in [3.05, 3.63) is 0 Å². The van der Waals surface area contributed by atoms with Crippen LogP contribution in [0.4, 0.5) is 0 Å². The smallest absolute Gasteiger partial charge is 0.326 e. The Balaban J connectivity index is 4.69. The summed E-state index contributed by atoms with van der Waals surface area (Å²) in [6, 6.07) is -1.59. The van der Waals surface area contributed by atoms with Crippen LogP contribution < -0.4 is 11.1 Å². The van der Waals surface area contributed by atoms with Gasteiger partial charge in [0.05, 0.1) is 6.04 Å². The van der Waals surface area contributed by atoms with Crippen LogP contribution in [0.1, 0.15) is 41.0 Å². The van der Waals surface area contributed by atoms with Gasteiger partial charge >= 0.3 is 5.97 Å². The molecule has 0 aliphatic rings.